The molecule has 0 saturated carbocycles. The SMILES string of the molecule is CSCCC(NC(=O)C(C)N)C(=O)NC(CCC(=O)O)C(=O)NC(CCCN=C(N)N)C(=O)O. The number of carbonyl (C=O) groups excluding carboxylic acids is 3. The third-order valence-electron chi connectivity index (χ3n) is 4.50. The van der Waals surface area contributed by atoms with Crippen LogP contribution in [0.1, 0.15) is 39.0 Å². The van der Waals surface area contributed by atoms with Crippen molar-refractivity contribution in [2.45, 2.75) is 63.2 Å². The number of hydrogen-bond donors (Lipinski definition) is 8. The number of carboxylic acids is 2. The second kappa shape index (κ2) is 16.5. The van der Waals surface area contributed by atoms with Gasteiger partial charge in [-0.15, -0.1) is 0 Å². The molecule has 15 heteroatoms. The van der Waals surface area contributed by atoms with Crippen molar-refractivity contribution >= 4 is 47.4 Å². The van der Waals surface area contributed by atoms with Gasteiger partial charge in [0.15, 0.2) is 5.96 Å². The molecule has 194 valence electrons. The van der Waals surface area contributed by atoms with E-state index in [9.17, 15) is 29.1 Å². The van der Waals surface area contributed by atoms with Gasteiger partial charge in [0.2, 0.25) is 17.7 Å². The molecule has 0 aromatic rings. The summed E-state index contributed by atoms with van der Waals surface area (Å²) in [4.78, 5) is 63.8. The molecule has 3 amide bonds. The zero-order valence-electron chi connectivity index (χ0n) is 19.3. The smallest absolute Gasteiger partial charge is 0.326 e. The largest absolute Gasteiger partial charge is 0.481 e. The standard InChI is InChI=1S/C19H35N7O7S/c1-10(20)15(29)24-12(7-9-34-2)17(31)25-11(5-6-14(27)28)16(30)26-13(18(32)33)4-3-8-23-19(21)22/h10-13H,3-9,20H2,1-2H3,(H,24,29)(H,25,31)(H,26,30)(H,27,28)(H,32,33)(H4,21,22,23). The second-order valence-electron chi connectivity index (χ2n) is 7.47. The van der Waals surface area contributed by atoms with Crippen molar-refractivity contribution in [3.05, 3.63) is 0 Å². The monoisotopic (exact) mass is 505 g/mol. The molecular formula is C19H35N7O7S. The zero-order chi connectivity index (χ0) is 26.3. The average molecular weight is 506 g/mol. The third kappa shape index (κ3) is 13.5. The lowest BCUT2D eigenvalue weighted by Crippen LogP contribution is -2.57. The number of rotatable bonds is 17. The molecule has 4 atom stereocenters. The molecule has 0 aliphatic rings. The van der Waals surface area contributed by atoms with Crippen molar-refractivity contribution in [3.8, 4) is 0 Å². The first-order valence-corrected chi connectivity index (χ1v) is 11.9. The minimum atomic E-state index is -1.34. The van der Waals surface area contributed by atoms with E-state index in [-0.39, 0.29) is 38.2 Å². The summed E-state index contributed by atoms with van der Waals surface area (Å²) in [5.74, 6) is -4.31. The first-order chi connectivity index (χ1) is 15.9. The highest BCUT2D eigenvalue weighted by Gasteiger charge is 2.30. The molecule has 0 radical (unpaired) electrons. The summed E-state index contributed by atoms with van der Waals surface area (Å²) >= 11 is 1.44. The van der Waals surface area contributed by atoms with Gasteiger partial charge in [-0.2, -0.15) is 11.8 Å². The van der Waals surface area contributed by atoms with Crippen LogP contribution in [0.25, 0.3) is 0 Å². The number of nitrogens with one attached hydrogen (secondary N) is 3. The number of carboxylic acid groups (broad SMARTS) is 2. The van der Waals surface area contributed by atoms with Crippen LogP contribution in [-0.2, 0) is 24.0 Å². The molecule has 0 saturated heterocycles. The van der Waals surface area contributed by atoms with Crippen LogP contribution in [-0.4, -0.2) is 88.6 Å². The fourth-order valence-corrected chi connectivity index (χ4v) is 3.12. The normalized spacial score (nSPS) is 14.1. The Morgan fingerprint density at radius 3 is 1.88 bits per heavy atom. The summed E-state index contributed by atoms with van der Waals surface area (Å²) in [6.07, 6.45) is 1.55. The summed E-state index contributed by atoms with van der Waals surface area (Å²) in [5, 5.41) is 25.6. The first-order valence-electron chi connectivity index (χ1n) is 10.5. The van der Waals surface area contributed by atoms with Gasteiger partial charge in [-0.3, -0.25) is 24.2 Å². The molecule has 11 N–H and O–H groups in total. The number of thioether (sulfide) groups is 1. The Kier molecular flexibility index (Phi) is 15.0. The van der Waals surface area contributed by atoms with Gasteiger partial charge >= 0.3 is 11.9 Å². The van der Waals surface area contributed by atoms with E-state index < -0.39 is 60.2 Å². The van der Waals surface area contributed by atoms with Gasteiger partial charge in [0, 0.05) is 13.0 Å². The maximum absolute atomic E-state index is 12.8. The highest BCUT2D eigenvalue weighted by Crippen LogP contribution is 2.06. The van der Waals surface area contributed by atoms with Crippen LogP contribution in [0.5, 0.6) is 0 Å². The minimum Gasteiger partial charge on any atom is -0.481 e. The van der Waals surface area contributed by atoms with E-state index in [2.05, 4.69) is 20.9 Å². The van der Waals surface area contributed by atoms with Gasteiger partial charge in [0.1, 0.15) is 18.1 Å². The molecule has 0 aliphatic carbocycles. The van der Waals surface area contributed by atoms with Gasteiger partial charge in [0.05, 0.1) is 6.04 Å². The molecule has 0 heterocycles. The van der Waals surface area contributed by atoms with Crippen molar-refractivity contribution < 1.29 is 34.2 Å². The van der Waals surface area contributed by atoms with E-state index in [1.54, 1.807) is 0 Å². The quantitative estimate of drug-likeness (QED) is 0.0584. The fraction of sp³-hybridized carbons (Fsp3) is 0.684. The lowest BCUT2D eigenvalue weighted by Gasteiger charge is -2.24. The summed E-state index contributed by atoms with van der Waals surface area (Å²) < 4.78 is 0. The number of aliphatic imine (C=N–C) groups is 1. The maximum atomic E-state index is 12.8. The van der Waals surface area contributed by atoms with Gasteiger partial charge in [-0.25, -0.2) is 4.79 Å². The molecule has 0 rings (SSSR count). The first kappa shape index (κ1) is 30.9. The molecule has 34 heavy (non-hydrogen) atoms. The Labute approximate surface area is 201 Å². The Morgan fingerprint density at radius 1 is 0.882 bits per heavy atom. The van der Waals surface area contributed by atoms with Gasteiger partial charge in [0.25, 0.3) is 0 Å². The molecule has 0 fully saturated rings. The topological polar surface area (TPSA) is 252 Å². The Balaban J connectivity index is 5.41. The summed E-state index contributed by atoms with van der Waals surface area (Å²) in [5.41, 5.74) is 16.0. The van der Waals surface area contributed by atoms with Crippen LogP contribution in [0.15, 0.2) is 4.99 Å². The van der Waals surface area contributed by atoms with E-state index in [1.807, 2.05) is 6.26 Å². The lowest BCUT2D eigenvalue weighted by molar-refractivity contribution is -0.143. The molecular weight excluding hydrogens is 470 g/mol. The van der Waals surface area contributed by atoms with Crippen LogP contribution in [0, 0.1) is 0 Å². The molecule has 0 aromatic carbocycles. The number of amides is 3. The van der Waals surface area contributed by atoms with Crippen LogP contribution in [0.3, 0.4) is 0 Å². The van der Waals surface area contributed by atoms with Gasteiger partial charge < -0.3 is 43.4 Å². The molecule has 14 nitrogen and oxygen atoms in total. The number of nitrogens with two attached hydrogens (primary N) is 3. The van der Waals surface area contributed by atoms with Crippen LogP contribution >= 0.6 is 11.8 Å². The predicted octanol–water partition coefficient (Wildman–Crippen LogP) is -2.46. The predicted molar refractivity (Wildman–Crippen MR) is 127 cm³/mol. The Hall–Kier alpha value is -3.07. The fourth-order valence-electron chi connectivity index (χ4n) is 2.65. The van der Waals surface area contributed by atoms with E-state index in [0.29, 0.717) is 5.75 Å². The van der Waals surface area contributed by atoms with Crippen LogP contribution in [0.4, 0.5) is 0 Å². The molecule has 0 aromatic heterocycles. The summed E-state index contributed by atoms with van der Waals surface area (Å²) in [7, 11) is 0. The number of hydrogen-bond acceptors (Lipinski definition) is 8. The Morgan fingerprint density at radius 2 is 1.41 bits per heavy atom. The molecule has 4 unspecified atom stereocenters. The molecule has 0 bridgehead atoms. The molecule has 0 spiro atoms. The van der Waals surface area contributed by atoms with E-state index >= 15 is 0 Å². The van der Waals surface area contributed by atoms with Crippen molar-refractivity contribution in [1.29, 1.82) is 0 Å². The third-order valence-corrected chi connectivity index (χ3v) is 5.14. The highest BCUT2D eigenvalue weighted by atomic mass is 32.2. The van der Waals surface area contributed by atoms with Crippen LogP contribution in [0.2, 0.25) is 0 Å². The number of aliphatic carboxylic acids is 2. The minimum absolute atomic E-state index is 0.00174. The van der Waals surface area contributed by atoms with Crippen molar-refractivity contribution in [2.24, 2.45) is 22.2 Å². The number of nitrogens with zero attached hydrogens (tertiary/aromatic N) is 1. The van der Waals surface area contributed by atoms with Crippen LogP contribution < -0.4 is 33.2 Å². The molecule has 0 aliphatic heterocycles. The van der Waals surface area contributed by atoms with E-state index in [4.69, 9.17) is 22.3 Å². The van der Waals surface area contributed by atoms with E-state index in [0.717, 1.165) is 0 Å². The van der Waals surface area contributed by atoms with E-state index in [1.165, 1.54) is 18.7 Å². The van der Waals surface area contributed by atoms with Gasteiger partial charge in [-0.1, -0.05) is 0 Å². The van der Waals surface area contributed by atoms with Gasteiger partial charge in [-0.05, 0) is 44.6 Å². The van der Waals surface area contributed by atoms with Crippen molar-refractivity contribution in [1.82, 2.24) is 16.0 Å². The summed E-state index contributed by atoms with van der Waals surface area (Å²) in [6.45, 7) is 1.60. The second-order valence-corrected chi connectivity index (χ2v) is 8.46. The highest BCUT2D eigenvalue weighted by molar-refractivity contribution is 7.98. The number of guanidine groups is 1. The maximum Gasteiger partial charge on any atom is 0.326 e. The van der Waals surface area contributed by atoms with Crippen molar-refractivity contribution in [2.75, 3.05) is 18.6 Å². The number of carbonyl (C=O) groups is 5. The lowest BCUT2D eigenvalue weighted by atomic mass is 10.1. The summed E-state index contributed by atoms with van der Waals surface area (Å²) in [6, 6.07) is -4.53. The Bertz CT molecular complexity index is 745. The average Bonchev–Trinajstić information content (AvgIpc) is 2.74. The zero-order valence-corrected chi connectivity index (χ0v) is 20.1. The van der Waals surface area contributed by atoms with Crippen molar-refractivity contribution in [3.63, 3.8) is 0 Å².